The molecule has 1 heterocycles. The first-order chi connectivity index (χ1) is 9.96. The summed E-state index contributed by atoms with van der Waals surface area (Å²) >= 11 is 11.8. The lowest BCUT2D eigenvalue weighted by Crippen LogP contribution is -2.46. The van der Waals surface area contributed by atoms with E-state index in [-0.39, 0.29) is 12.5 Å². The Hall–Kier alpha value is -1.24. The topological polar surface area (TPSA) is 20.3 Å². The van der Waals surface area contributed by atoms with Crippen LogP contribution in [0.3, 0.4) is 0 Å². The fraction of sp³-hybridized carbons (Fsp3) is 0.438. The maximum atomic E-state index is 15.2. The van der Waals surface area contributed by atoms with Gasteiger partial charge in [-0.1, -0.05) is 42.1 Å². The highest BCUT2D eigenvalue weighted by atomic mass is 35.5. The largest absolute Gasteiger partial charge is 0.328 e. The molecule has 0 bridgehead atoms. The Kier molecular flexibility index (Phi) is 5.13. The number of alkyl halides is 1. The van der Waals surface area contributed by atoms with Gasteiger partial charge in [0.15, 0.2) is 5.67 Å². The monoisotopic (exact) mass is 327 g/mol. The van der Waals surface area contributed by atoms with Crippen LogP contribution in [0.1, 0.15) is 31.7 Å². The zero-order chi connectivity index (χ0) is 15.5. The summed E-state index contributed by atoms with van der Waals surface area (Å²) in [4.78, 5) is 13.4. The molecule has 0 radical (unpaired) electrons. The summed E-state index contributed by atoms with van der Waals surface area (Å²) in [5.74, 6) is 4.94. The van der Waals surface area contributed by atoms with E-state index in [2.05, 4.69) is 11.8 Å². The van der Waals surface area contributed by atoms with E-state index in [1.165, 1.54) is 11.0 Å². The molecular formula is C16H16Cl2FNO. The van der Waals surface area contributed by atoms with Gasteiger partial charge in [-0.25, -0.2) is 4.39 Å². The minimum atomic E-state index is -1.60. The Bertz CT molecular complexity index is 608. The van der Waals surface area contributed by atoms with Gasteiger partial charge >= 0.3 is 0 Å². The van der Waals surface area contributed by atoms with Gasteiger partial charge in [-0.3, -0.25) is 4.79 Å². The number of nitrogens with zero attached hydrogens (tertiary/aromatic N) is 1. The van der Waals surface area contributed by atoms with Crippen molar-refractivity contribution in [2.75, 3.05) is 13.1 Å². The molecule has 5 heteroatoms. The first-order valence-electron chi connectivity index (χ1n) is 6.88. The van der Waals surface area contributed by atoms with Crippen LogP contribution in [-0.2, 0) is 10.5 Å². The van der Waals surface area contributed by atoms with Crippen molar-refractivity contribution in [1.82, 2.24) is 4.90 Å². The van der Waals surface area contributed by atoms with Gasteiger partial charge in [0.25, 0.3) is 5.91 Å². The molecule has 1 aromatic rings. The van der Waals surface area contributed by atoms with Gasteiger partial charge in [-0.15, -0.1) is 0 Å². The Morgan fingerprint density at radius 1 is 1.43 bits per heavy atom. The van der Waals surface area contributed by atoms with Crippen LogP contribution < -0.4 is 0 Å². The molecule has 1 fully saturated rings. The van der Waals surface area contributed by atoms with E-state index >= 15 is 4.39 Å². The lowest BCUT2D eigenvalue weighted by molar-refractivity contribution is -0.129. The molecule has 0 aliphatic carbocycles. The molecule has 1 saturated heterocycles. The second-order valence-electron chi connectivity index (χ2n) is 5.08. The van der Waals surface area contributed by atoms with E-state index in [1.54, 1.807) is 12.1 Å². The van der Waals surface area contributed by atoms with Gasteiger partial charge in [0, 0.05) is 13.0 Å². The third kappa shape index (κ3) is 3.70. The molecule has 1 amide bonds. The van der Waals surface area contributed by atoms with Crippen LogP contribution in [0, 0.1) is 11.8 Å². The third-order valence-electron chi connectivity index (χ3n) is 3.54. The maximum absolute atomic E-state index is 15.2. The first-order valence-corrected chi connectivity index (χ1v) is 7.64. The zero-order valence-corrected chi connectivity index (χ0v) is 13.3. The van der Waals surface area contributed by atoms with Crippen molar-refractivity contribution in [3.63, 3.8) is 0 Å². The van der Waals surface area contributed by atoms with Crippen molar-refractivity contribution in [3.05, 3.63) is 33.8 Å². The third-order valence-corrected chi connectivity index (χ3v) is 4.28. The van der Waals surface area contributed by atoms with Gasteiger partial charge in [0.1, 0.15) is 0 Å². The lowest BCUT2D eigenvalue weighted by Gasteiger charge is -2.37. The van der Waals surface area contributed by atoms with Crippen molar-refractivity contribution >= 4 is 29.1 Å². The molecule has 112 valence electrons. The molecule has 1 aliphatic rings. The molecule has 0 N–H and O–H groups in total. The smallest absolute Gasteiger partial charge is 0.298 e. The Morgan fingerprint density at radius 2 is 2.19 bits per heavy atom. The van der Waals surface area contributed by atoms with Crippen molar-refractivity contribution in [2.24, 2.45) is 0 Å². The Morgan fingerprint density at radius 3 is 2.86 bits per heavy atom. The van der Waals surface area contributed by atoms with Gasteiger partial charge in [0.05, 0.1) is 16.6 Å². The summed E-state index contributed by atoms with van der Waals surface area (Å²) < 4.78 is 15.2. The predicted octanol–water partition coefficient (Wildman–Crippen LogP) is 4.19. The number of piperidine rings is 1. The quantitative estimate of drug-likeness (QED) is 0.708. The van der Waals surface area contributed by atoms with Crippen LogP contribution in [0.15, 0.2) is 18.2 Å². The number of halogens is 3. The molecule has 1 unspecified atom stereocenters. The average molecular weight is 328 g/mol. The van der Waals surface area contributed by atoms with Crippen LogP contribution >= 0.6 is 23.2 Å². The van der Waals surface area contributed by atoms with E-state index in [0.29, 0.717) is 41.4 Å². The summed E-state index contributed by atoms with van der Waals surface area (Å²) in [5.41, 5.74) is -1.14. The molecule has 0 aromatic heterocycles. The second kappa shape index (κ2) is 6.68. The Balaban J connectivity index is 2.22. The van der Waals surface area contributed by atoms with Crippen molar-refractivity contribution in [1.29, 1.82) is 0 Å². The summed E-state index contributed by atoms with van der Waals surface area (Å²) in [6, 6.07) is 4.74. The molecule has 0 spiro atoms. The summed E-state index contributed by atoms with van der Waals surface area (Å²) in [7, 11) is 0. The fourth-order valence-corrected chi connectivity index (χ4v) is 2.74. The minimum Gasteiger partial charge on any atom is -0.328 e. The molecule has 2 nitrogen and oxygen atoms in total. The highest BCUT2D eigenvalue weighted by Crippen LogP contribution is 2.38. The van der Waals surface area contributed by atoms with Crippen molar-refractivity contribution < 1.29 is 9.18 Å². The molecular weight excluding hydrogens is 312 g/mol. The lowest BCUT2D eigenvalue weighted by atomic mass is 9.87. The van der Waals surface area contributed by atoms with E-state index in [1.807, 2.05) is 6.92 Å². The van der Waals surface area contributed by atoms with E-state index in [9.17, 15) is 4.79 Å². The number of hydrogen-bond donors (Lipinski definition) is 0. The molecule has 1 aromatic carbocycles. The Labute approximate surface area is 134 Å². The standard InChI is InChI=1S/C16H16Cl2FNO/c1-2-3-5-15(21)20-9-4-8-16(19,11-20)12-6-7-13(17)14(18)10-12/h6-7,10H,2,4,8-9,11H2,1H3. The predicted molar refractivity (Wildman–Crippen MR) is 83.1 cm³/mol. The van der Waals surface area contributed by atoms with E-state index in [0.717, 1.165) is 0 Å². The summed E-state index contributed by atoms with van der Waals surface area (Å²) in [5, 5.41) is 0.710. The number of carbonyl (C=O) groups is 1. The second-order valence-corrected chi connectivity index (χ2v) is 5.89. The fourth-order valence-electron chi connectivity index (χ4n) is 2.44. The molecule has 1 aliphatic heterocycles. The van der Waals surface area contributed by atoms with Crippen LogP contribution in [0.2, 0.25) is 10.0 Å². The van der Waals surface area contributed by atoms with Crippen LogP contribution in [0.5, 0.6) is 0 Å². The first kappa shape index (κ1) is 16.1. The van der Waals surface area contributed by atoms with E-state index in [4.69, 9.17) is 23.2 Å². The normalized spacial score (nSPS) is 21.6. The highest BCUT2D eigenvalue weighted by Gasteiger charge is 2.38. The van der Waals surface area contributed by atoms with Crippen LogP contribution in [0.4, 0.5) is 4.39 Å². The number of benzene rings is 1. The molecule has 1 atom stereocenters. The summed E-state index contributed by atoms with van der Waals surface area (Å²) in [6.45, 7) is 2.40. The zero-order valence-electron chi connectivity index (χ0n) is 11.8. The van der Waals surface area contributed by atoms with E-state index < -0.39 is 5.67 Å². The average Bonchev–Trinajstić information content (AvgIpc) is 2.47. The van der Waals surface area contributed by atoms with Crippen molar-refractivity contribution in [3.8, 4) is 11.8 Å². The van der Waals surface area contributed by atoms with Crippen LogP contribution in [0.25, 0.3) is 0 Å². The number of likely N-dealkylation sites (tertiary alicyclic amines) is 1. The summed E-state index contributed by atoms with van der Waals surface area (Å²) in [6.07, 6.45) is 1.55. The highest BCUT2D eigenvalue weighted by molar-refractivity contribution is 6.42. The van der Waals surface area contributed by atoms with Gasteiger partial charge in [0.2, 0.25) is 0 Å². The molecule has 0 saturated carbocycles. The molecule has 21 heavy (non-hydrogen) atoms. The number of rotatable bonds is 1. The maximum Gasteiger partial charge on any atom is 0.298 e. The minimum absolute atomic E-state index is 0.00217. The SMILES string of the molecule is CCC#CC(=O)N1CCCC(F)(c2ccc(Cl)c(Cl)c2)C1. The van der Waals surface area contributed by atoms with Gasteiger partial charge < -0.3 is 4.90 Å². The number of amides is 1. The van der Waals surface area contributed by atoms with Gasteiger partial charge in [-0.2, -0.15) is 0 Å². The van der Waals surface area contributed by atoms with Crippen LogP contribution in [-0.4, -0.2) is 23.9 Å². The van der Waals surface area contributed by atoms with Gasteiger partial charge in [-0.05, 0) is 36.5 Å². The number of carbonyl (C=O) groups excluding carboxylic acids is 1. The molecule has 2 rings (SSSR count). The number of hydrogen-bond acceptors (Lipinski definition) is 1. The van der Waals surface area contributed by atoms with Crippen molar-refractivity contribution in [2.45, 2.75) is 31.9 Å².